The first-order valence-electron chi connectivity index (χ1n) is 7.16. The number of rotatable bonds is 6. The molecule has 2 heterocycles. The van der Waals surface area contributed by atoms with Crippen LogP contribution in [0.25, 0.3) is 0 Å². The third-order valence-corrected chi connectivity index (χ3v) is 4.02. The van der Waals surface area contributed by atoms with Crippen LogP contribution in [-0.2, 0) is 6.54 Å². The maximum Gasteiger partial charge on any atom is 0.0312 e. The van der Waals surface area contributed by atoms with Gasteiger partial charge in [0.1, 0.15) is 0 Å². The summed E-state index contributed by atoms with van der Waals surface area (Å²) in [4.78, 5) is 6.79. The lowest BCUT2D eigenvalue weighted by atomic mass is 10.1. The summed E-state index contributed by atoms with van der Waals surface area (Å²) >= 11 is 0. The maximum absolute atomic E-state index is 4.13. The molecule has 18 heavy (non-hydrogen) atoms. The fourth-order valence-corrected chi connectivity index (χ4v) is 2.91. The van der Waals surface area contributed by atoms with Crippen LogP contribution in [-0.4, -0.2) is 35.1 Å². The quantitative estimate of drug-likeness (QED) is 0.783. The molecule has 3 nitrogen and oxygen atoms in total. The lowest BCUT2D eigenvalue weighted by molar-refractivity contribution is 0.199. The molecule has 1 N–H and O–H groups in total. The zero-order valence-corrected chi connectivity index (χ0v) is 11.6. The highest BCUT2D eigenvalue weighted by molar-refractivity contribution is 5.07. The normalized spacial score (nSPS) is 24.6. The van der Waals surface area contributed by atoms with Crippen LogP contribution in [0.4, 0.5) is 0 Å². The van der Waals surface area contributed by atoms with Crippen LogP contribution in [0.15, 0.2) is 24.5 Å². The summed E-state index contributed by atoms with van der Waals surface area (Å²) in [6.07, 6.45) is 7.77. The monoisotopic (exact) mass is 247 g/mol. The molecule has 0 spiro atoms. The topological polar surface area (TPSA) is 28.2 Å². The molecule has 1 saturated heterocycles. The average Bonchev–Trinajstić information content (AvgIpc) is 2.77. The van der Waals surface area contributed by atoms with Crippen molar-refractivity contribution in [3.8, 4) is 0 Å². The van der Waals surface area contributed by atoms with Crippen LogP contribution in [0, 0.1) is 0 Å². The molecule has 0 aromatic carbocycles. The zero-order valence-electron chi connectivity index (χ0n) is 11.6. The van der Waals surface area contributed by atoms with Crippen molar-refractivity contribution in [3.63, 3.8) is 0 Å². The van der Waals surface area contributed by atoms with E-state index in [0.717, 1.165) is 25.2 Å². The molecule has 0 aliphatic carbocycles. The standard InChI is InChI=1S/C15H25N3/c1-3-15-7-6-13(2)18(15)10-9-17-12-14-5-4-8-16-11-14/h4-5,8,11,13,15,17H,3,6-7,9-10,12H2,1-2H3. The predicted octanol–water partition coefficient (Wildman–Crippen LogP) is 2.43. The van der Waals surface area contributed by atoms with Gasteiger partial charge >= 0.3 is 0 Å². The number of likely N-dealkylation sites (tertiary alicyclic amines) is 1. The molecule has 0 amide bonds. The lowest BCUT2D eigenvalue weighted by Crippen LogP contribution is -2.39. The number of pyridine rings is 1. The van der Waals surface area contributed by atoms with Crippen molar-refractivity contribution in [2.75, 3.05) is 13.1 Å². The minimum atomic E-state index is 0.759. The Bertz CT molecular complexity index is 339. The fourth-order valence-electron chi connectivity index (χ4n) is 2.91. The minimum Gasteiger partial charge on any atom is -0.311 e. The number of hydrogen-bond acceptors (Lipinski definition) is 3. The molecular formula is C15H25N3. The van der Waals surface area contributed by atoms with Gasteiger partial charge in [-0.25, -0.2) is 0 Å². The van der Waals surface area contributed by atoms with E-state index in [-0.39, 0.29) is 0 Å². The summed E-state index contributed by atoms with van der Waals surface area (Å²) in [6, 6.07) is 5.68. The summed E-state index contributed by atoms with van der Waals surface area (Å²) < 4.78 is 0. The fraction of sp³-hybridized carbons (Fsp3) is 0.667. The first-order valence-corrected chi connectivity index (χ1v) is 7.16. The largest absolute Gasteiger partial charge is 0.311 e. The summed E-state index contributed by atoms with van der Waals surface area (Å²) in [5.41, 5.74) is 1.26. The van der Waals surface area contributed by atoms with Gasteiger partial charge in [0.15, 0.2) is 0 Å². The highest BCUT2D eigenvalue weighted by Gasteiger charge is 2.28. The van der Waals surface area contributed by atoms with Gasteiger partial charge in [-0.1, -0.05) is 13.0 Å². The number of nitrogens with one attached hydrogen (secondary N) is 1. The Labute approximate surface area is 111 Å². The van der Waals surface area contributed by atoms with E-state index < -0.39 is 0 Å². The van der Waals surface area contributed by atoms with E-state index in [9.17, 15) is 0 Å². The van der Waals surface area contributed by atoms with Gasteiger partial charge in [-0.3, -0.25) is 9.88 Å². The van der Waals surface area contributed by atoms with Crippen molar-refractivity contribution in [1.82, 2.24) is 15.2 Å². The van der Waals surface area contributed by atoms with E-state index in [0.29, 0.717) is 0 Å². The van der Waals surface area contributed by atoms with Gasteiger partial charge in [-0.05, 0) is 37.8 Å². The van der Waals surface area contributed by atoms with Gasteiger partial charge in [0.25, 0.3) is 0 Å². The van der Waals surface area contributed by atoms with Crippen LogP contribution < -0.4 is 5.32 Å². The van der Waals surface area contributed by atoms with E-state index >= 15 is 0 Å². The third-order valence-electron chi connectivity index (χ3n) is 4.02. The molecule has 2 rings (SSSR count). The van der Waals surface area contributed by atoms with Gasteiger partial charge < -0.3 is 5.32 Å². The molecule has 0 bridgehead atoms. The Morgan fingerprint density at radius 3 is 3.06 bits per heavy atom. The summed E-state index contributed by atoms with van der Waals surface area (Å²) in [6.45, 7) is 7.82. The highest BCUT2D eigenvalue weighted by atomic mass is 15.2. The van der Waals surface area contributed by atoms with E-state index in [1.807, 2.05) is 18.5 Å². The first-order chi connectivity index (χ1) is 8.81. The van der Waals surface area contributed by atoms with Crippen molar-refractivity contribution >= 4 is 0 Å². The lowest BCUT2D eigenvalue weighted by Gasteiger charge is -2.27. The second-order valence-electron chi connectivity index (χ2n) is 5.26. The van der Waals surface area contributed by atoms with E-state index in [1.54, 1.807) is 0 Å². The third kappa shape index (κ3) is 3.53. The van der Waals surface area contributed by atoms with Gasteiger partial charge in [0.05, 0.1) is 0 Å². The molecule has 1 aliphatic rings. The van der Waals surface area contributed by atoms with Crippen molar-refractivity contribution < 1.29 is 0 Å². The number of hydrogen-bond donors (Lipinski definition) is 1. The molecule has 1 aromatic rings. The molecule has 100 valence electrons. The Morgan fingerprint density at radius 2 is 2.33 bits per heavy atom. The second kappa shape index (κ2) is 6.86. The highest BCUT2D eigenvalue weighted by Crippen LogP contribution is 2.24. The molecule has 1 aromatic heterocycles. The predicted molar refractivity (Wildman–Crippen MR) is 75.4 cm³/mol. The average molecular weight is 247 g/mol. The maximum atomic E-state index is 4.13. The minimum absolute atomic E-state index is 0.759. The van der Waals surface area contributed by atoms with Gasteiger partial charge in [0.2, 0.25) is 0 Å². The van der Waals surface area contributed by atoms with Crippen LogP contribution in [0.3, 0.4) is 0 Å². The SMILES string of the molecule is CCC1CCC(C)N1CCNCc1cccnc1. The van der Waals surface area contributed by atoms with Crippen LogP contribution in [0.1, 0.15) is 38.7 Å². The van der Waals surface area contributed by atoms with Crippen LogP contribution in [0.2, 0.25) is 0 Å². The van der Waals surface area contributed by atoms with Crippen LogP contribution in [0.5, 0.6) is 0 Å². The Kier molecular flexibility index (Phi) is 5.14. The van der Waals surface area contributed by atoms with E-state index in [4.69, 9.17) is 0 Å². The molecule has 1 aliphatic heterocycles. The van der Waals surface area contributed by atoms with Crippen molar-refractivity contribution in [2.45, 2.75) is 51.7 Å². The van der Waals surface area contributed by atoms with E-state index in [2.05, 4.69) is 35.1 Å². The molecule has 0 saturated carbocycles. The summed E-state index contributed by atoms with van der Waals surface area (Å²) in [5.74, 6) is 0. The molecule has 2 unspecified atom stereocenters. The number of aromatic nitrogens is 1. The molecule has 1 fully saturated rings. The summed E-state index contributed by atoms with van der Waals surface area (Å²) in [5, 5.41) is 3.51. The molecular weight excluding hydrogens is 222 g/mol. The van der Waals surface area contributed by atoms with Crippen molar-refractivity contribution in [3.05, 3.63) is 30.1 Å². The number of nitrogens with zero attached hydrogens (tertiary/aromatic N) is 2. The van der Waals surface area contributed by atoms with Crippen molar-refractivity contribution in [1.29, 1.82) is 0 Å². The summed E-state index contributed by atoms with van der Waals surface area (Å²) in [7, 11) is 0. The van der Waals surface area contributed by atoms with Gasteiger partial charge in [-0.15, -0.1) is 0 Å². The molecule has 2 atom stereocenters. The second-order valence-corrected chi connectivity index (χ2v) is 5.26. The first kappa shape index (κ1) is 13.5. The van der Waals surface area contributed by atoms with Crippen LogP contribution >= 0.6 is 0 Å². The van der Waals surface area contributed by atoms with Gasteiger partial charge in [0, 0.05) is 44.1 Å². The Morgan fingerprint density at radius 1 is 1.44 bits per heavy atom. The Balaban J connectivity index is 1.69. The molecule has 3 heteroatoms. The molecule has 0 radical (unpaired) electrons. The van der Waals surface area contributed by atoms with Crippen molar-refractivity contribution in [2.24, 2.45) is 0 Å². The Hall–Kier alpha value is -0.930. The smallest absolute Gasteiger partial charge is 0.0312 e. The van der Waals surface area contributed by atoms with E-state index in [1.165, 1.54) is 31.4 Å². The zero-order chi connectivity index (χ0) is 12.8. The van der Waals surface area contributed by atoms with Gasteiger partial charge in [-0.2, -0.15) is 0 Å².